The zero-order valence-corrected chi connectivity index (χ0v) is 7.82. The van der Waals surface area contributed by atoms with Crippen LogP contribution in [0.5, 0.6) is 0 Å². The van der Waals surface area contributed by atoms with Crippen LogP contribution in [-0.2, 0) is 6.42 Å². The van der Waals surface area contributed by atoms with E-state index in [0.29, 0.717) is 18.8 Å². The van der Waals surface area contributed by atoms with Crippen LogP contribution in [0.3, 0.4) is 0 Å². The molecule has 74 valence electrons. The van der Waals surface area contributed by atoms with Gasteiger partial charge >= 0.3 is 0 Å². The molecule has 1 atom stereocenters. The zero-order valence-electron chi connectivity index (χ0n) is 7.82. The van der Waals surface area contributed by atoms with Gasteiger partial charge in [0.2, 0.25) is 0 Å². The molecule has 1 aromatic heterocycles. The molecule has 5 heteroatoms. The van der Waals surface area contributed by atoms with Crippen molar-refractivity contribution in [2.45, 2.75) is 32.3 Å². The smallest absolute Gasteiger partial charge is 0.179 e. The number of aryl methyl sites for hydroxylation is 1. The SMILES string of the molecule is CCCc1nc(C(O)CCN)n[nH]1. The van der Waals surface area contributed by atoms with Gasteiger partial charge in [0, 0.05) is 6.42 Å². The summed E-state index contributed by atoms with van der Waals surface area (Å²) < 4.78 is 0. The van der Waals surface area contributed by atoms with Crippen molar-refractivity contribution >= 4 is 0 Å². The molecule has 4 N–H and O–H groups in total. The van der Waals surface area contributed by atoms with Crippen molar-refractivity contribution in [1.29, 1.82) is 0 Å². The van der Waals surface area contributed by atoms with E-state index in [-0.39, 0.29) is 0 Å². The van der Waals surface area contributed by atoms with Crippen LogP contribution in [0.4, 0.5) is 0 Å². The Morgan fingerprint density at radius 1 is 1.62 bits per heavy atom. The average molecular weight is 184 g/mol. The Labute approximate surface area is 77.4 Å². The lowest BCUT2D eigenvalue weighted by molar-refractivity contribution is 0.161. The number of nitrogens with one attached hydrogen (secondary N) is 1. The first-order chi connectivity index (χ1) is 6.27. The molecule has 1 aromatic rings. The second kappa shape index (κ2) is 4.94. The van der Waals surface area contributed by atoms with Crippen LogP contribution < -0.4 is 5.73 Å². The summed E-state index contributed by atoms with van der Waals surface area (Å²) in [6, 6.07) is 0. The Morgan fingerprint density at radius 3 is 3.00 bits per heavy atom. The lowest BCUT2D eigenvalue weighted by atomic mass is 10.2. The number of nitrogens with zero attached hydrogens (tertiary/aromatic N) is 2. The number of rotatable bonds is 5. The highest BCUT2D eigenvalue weighted by Gasteiger charge is 2.11. The van der Waals surface area contributed by atoms with E-state index in [1.165, 1.54) is 0 Å². The Balaban J connectivity index is 2.56. The van der Waals surface area contributed by atoms with Gasteiger partial charge in [0.15, 0.2) is 5.82 Å². The largest absolute Gasteiger partial charge is 0.385 e. The highest BCUT2D eigenvalue weighted by Crippen LogP contribution is 2.10. The molecule has 0 fully saturated rings. The van der Waals surface area contributed by atoms with Crippen LogP contribution >= 0.6 is 0 Å². The minimum absolute atomic E-state index is 0.443. The molecule has 0 radical (unpaired) electrons. The van der Waals surface area contributed by atoms with E-state index in [1.807, 2.05) is 0 Å². The molecule has 0 aliphatic rings. The normalized spacial score (nSPS) is 13.2. The molecular formula is C8H16N4O. The van der Waals surface area contributed by atoms with Gasteiger partial charge in [-0.2, -0.15) is 5.10 Å². The Morgan fingerprint density at radius 2 is 2.38 bits per heavy atom. The summed E-state index contributed by atoms with van der Waals surface area (Å²) in [7, 11) is 0. The molecule has 0 amide bonds. The molecule has 0 spiro atoms. The van der Waals surface area contributed by atoms with Crippen molar-refractivity contribution in [3.8, 4) is 0 Å². The summed E-state index contributed by atoms with van der Waals surface area (Å²) in [5, 5.41) is 16.2. The van der Waals surface area contributed by atoms with Crippen LogP contribution in [0.25, 0.3) is 0 Å². The standard InChI is InChI=1S/C8H16N4O/c1-2-3-7-10-8(12-11-7)6(13)4-5-9/h6,13H,2-5,9H2,1H3,(H,10,11,12). The molecular weight excluding hydrogens is 168 g/mol. The summed E-state index contributed by atoms with van der Waals surface area (Å²) in [4.78, 5) is 4.15. The third-order valence-corrected chi connectivity index (χ3v) is 1.77. The van der Waals surface area contributed by atoms with E-state index in [0.717, 1.165) is 18.7 Å². The zero-order chi connectivity index (χ0) is 9.68. The Hall–Kier alpha value is -0.940. The van der Waals surface area contributed by atoms with E-state index in [4.69, 9.17) is 5.73 Å². The summed E-state index contributed by atoms with van der Waals surface area (Å²) in [5.41, 5.74) is 5.31. The van der Waals surface area contributed by atoms with Crippen molar-refractivity contribution in [3.63, 3.8) is 0 Å². The van der Waals surface area contributed by atoms with Gasteiger partial charge < -0.3 is 10.8 Å². The molecule has 0 saturated carbocycles. The van der Waals surface area contributed by atoms with Gasteiger partial charge in [0.25, 0.3) is 0 Å². The topological polar surface area (TPSA) is 87.8 Å². The van der Waals surface area contributed by atoms with Crippen molar-refractivity contribution in [2.75, 3.05) is 6.54 Å². The van der Waals surface area contributed by atoms with Gasteiger partial charge in [0.1, 0.15) is 11.9 Å². The van der Waals surface area contributed by atoms with Gasteiger partial charge in [-0.3, -0.25) is 5.10 Å². The second-order valence-electron chi connectivity index (χ2n) is 2.98. The van der Waals surface area contributed by atoms with E-state index >= 15 is 0 Å². The monoisotopic (exact) mass is 184 g/mol. The highest BCUT2D eigenvalue weighted by atomic mass is 16.3. The lowest BCUT2D eigenvalue weighted by Gasteiger charge is -2.02. The number of aliphatic hydroxyl groups excluding tert-OH is 1. The summed E-state index contributed by atoms with van der Waals surface area (Å²) in [5.74, 6) is 1.28. The van der Waals surface area contributed by atoms with Gasteiger partial charge in [-0.15, -0.1) is 0 Å². The lowest BCUT2D eigenvalue weighted by Crippen LogP contribution is -2.08. The molecule has 1 unspecified atom stereocenters. The van der Waals surface area contributed by atoms with Gasteiger partial charge in [-0.05, 0) is 19.4 Å². The fourth-order valence-corrected chi connectivity index (χ4v) is 1.09. The maximum atomic E-state index is 9.48. The summed E-state index contributed by atoms with van der Waals surface area (Å²) in [6.07, 6.45) is 1.75. The first kappa shape index (κ1) is 10.1. The van der Waals surface area contributed by atoms with Crippen molar-refractivity contribution in [2.24, 2.45) is 5.73 Å². The molecule has 0 aliphatic heterocycles. The third kappa shape index (κ3) is 2.78. The Kier molecular flexibility index (Phi) is 3.85. The predicted molar refractivity (Wildman–Crippen MR) is 49.0 cm³/mol. The first-order valence-corrected chi connectivity index (χ1v) is 4.57. The maximum absolute atomic E-state index is 9.48. The molecule has 5 nitrogen and oxygen atoms in total. The number of hydrogen-bond donors (Lipinski definition) is 3. The van der Waals surface area contributed by atoms with E-state index in [1.54, 1.807) is 0 Å². The summed E-state index contributed by atoms with van der Waals surface area (Å²) >= 11 is 0. The van der Waals surface area contributed by atoms with Crippen molar-refractivity contribution < 1.29 is 5.11 Å². The van der Waals surface area contributed by atoms with Crippen LogP contribution in [0.2, 0.25) is 0 Å². The number of aromatic amines is 1. The quantitative estimate of drug-likeness (QED) is 0.607. The second-order valence-corrected chi connectivity index (χ2v) is 2.98. The predicted octanol–water partition coefficient (Wildman–Crippen LogP) is 0.139. The molecule has 13 heavy (non-hydrogen) atoms. The van der Waals surface area contributed by atoms with Crippen LogP contribution in [0.1, 0.15) is 37.5 Å². The highest BCUT2D eigenvalue weighted by molar-refractivity contribution is 4.93. The number of H-pyrrole nitrogens is 1. The Bertz CT molecular complexity index is 248. The molecule has 0 saturated heterocycles. The first-order valence-electron chi connectivity index (χ1n) is 4.57. The van der Waals surface area contributed by atoms with E-state index in [9.17, 15) is 5.11 Å². The van der Waals surface area contributed by atoms with Crippen LogP contribution in [-0.4, -0.2) is 26.8 Å². The van der Waals surface area contributed by atoms with Crippen molar-refractivity contribution in [1.82, 2.24) is 15.2 Å². The fraction of sp³-hybridized carbons (Fsp3) is 0.750. The molecule has 0 aliphatic carbocycles. The molecule has 1 rings (SSSR count). The fourth-order valence-electron chi connectivity index (χ4n) is 1.09. The number of aliphatic hydroxyl groups is 1. The molecule has 0 bridgehead atoms. The number of hydrogen-bond acceptors (Lipinski definition) is 4. The number of aromatic nitrogens is 3. The summed E-state index contributed by atoms with van der Waals surface area (Å²) in [6.45, 7) is 2.51. The van der Waals surface area contributed by atoms with Crippen LogP contribution in [0, 0.1) is 0 Å². The minimum atomic E-state index is -0.633. The van der Waals surface area contributed by atoms with Gasteiger partial charge in [-0.25, -0.2) is 4.98 Å². The van der Waals surface area contributed by atoms with Gasteiger partial charge in [0.05, 0.1) is 0 Å². The average Bonchev–Trinajstić information content (AvgIpc) is 2.54. The minimum Gasteiger partial charge on any atom is -0.385 e. The number of nitrogens with two attached hydrogens (primary N) is 1. The van der Waals surface area contributed by atoms with Crippen LogP contribution in [0.15, 0.2) is 0 Å². The third-order valence-electron chi connectivity index (χ3n) is 1.77. The molecule has 0 aromatic carbocycles. The van der Waals surface area contributed by atoms with E-state index < -0.39 is 6.10 Å². The van der Waals surface area contributed by atoms with Crippen molar-refractivity contribution in [3.05, 3.63) is 11.6 Å². The van der Waals surface area contributed by atoms with E-state index in [2.05, 4.69) is 22.1 Å². The maximum Gasteiger partial charge on any atom is 0.179 e. The molecule has 1 heterocycles. The van der Waals surface area contributed by atoms with Gasteiger partial charge in [-0.1, -0.05) is 6.92 Å².